The second-order valence-electron chi connectivity index (χ2n) is 19.8. The Balaban J connectivity index is 0.870. The van der Waals surface area contributed by atoms with Crippen LogP contribution >= 0.6 is 0 Å². The molecule has 0 spiro atoms. The third-order valence-corrected chi connectivity index (χ3v) is 15.8. The van der Waals surface area contributed by atoms with Crippen molar-refractivity contribution in [1.29, 1.82) is 0 Å². The Hall–Kier alpha value is -9.71. The van der Waals surface area contributed by atoms with Gasteiger partial charge in [0.1, 0.15) is 0 Å². The van der Waals surface area contributed by atoms with Gasteiger partial charge in [-0.25, -0.2) is 24.9 Å². The molecule has 75 heavy (non-hydrogen) atoms. The van der Waals surface area contributed by atoms with E-state index in [1.54, 1.807) is 0 Å². The summed E-state index contributed by atoms with van der Waals surface area (Å²) in [6.45, 7) is 0. The van der Waals surface area contributed by atoms with Crippen LogP contribution in [-0.4, -0.2) is 24.9 Å². The van der Waals surface area contributed by atoms with Crippen LogP contribution in [0.4, 0.5) is 0 Å². The van der Waals surface area contributed by atoms with E-state index in [-0.39, 0.29) is 11.8 Å². The van der Waals surface area contributed by atoms with Crippen LogP contribution in [0.1, 0.15) is 67.5 Å². The number of rotatable bonds is 8. The molecule has 2 heterocycles. The van der Waals surface area contributed by atoms with Crippen molar-refractivity contribution in [3.63, 3.8) is 0 Å². The second-order valence-corrected chi connectivity index (χ2v) is 19.8. The minimum Gasteiger partial charge on any atom is -0.228 e. The van der Waals surface area contributed by atoms with Gasteiger partial charge in [0.05, 0.1) is 16.8 Å². The number of hydrogen-bond acceptors (Lipinski definition) is 5. The molecule has 2 bridgehead atoms. The maximum absolute atomic E-state index is 5.41. The molecule has 2 aromatic heterocycles. The average molecular weight is 956 g/mol. The second kappa shape index (κ2) is 17.2. The van der Waals surface area contributed by atoms with Crippen LogP contribution in [0.3, 0.4) is 0 Å². The lowest BCUT2D eigenvalue weighted by atomic mass is 9.60. The lowest BCUT2D eigenvalue weighted by Crippen LogP contribution is -2.28. The van der Waals surface area contributed by atoms with Gasteiger partial charge in [0.2, 0.25) is 0 Å². The molecule has 2 atom stereocenters. The molecular formula is C70H45N5. The molecule has 0 amide bonds. The molecule has 4 aliphatic rings. The molecule has 10 aromatic carbocycles. The highest BCUT2D eigenvalue weighted by molar-refractivity contribution is 5.89. The predicted molar refractivity (Wildman–Crippen MR) is 300 cm³/mol. The van der Waals surface area contributed by atoms with E-state index < -0.39 is 5.41 Å². The van der Waals surface area contributed by atoms with E-state index in [0.29, 0.717) is 23.3 Å². The first kappa shape index (κ1) is 42.9. The largest absolute Gasteiger partial charge is 0.228 e. The molecule has 0 radical (unpaired) electrons. The fourth-order valence-electron chi connectivity index (χ4n) is 12.5. The van der Waals surface area contributed by atoms with E-state index in [0.717, 1.165) is 44.8 Å². The van der Waals surface area contributed by atoms with Crippen molar-refractivity contribution < 1.29 is 0 Å². The van der Waals surface area contributed by atoms with Crippen molar-refractivity contribution in [2.24, 2.45) is 0 Å². The highest BCUT2D eigenvalue weighted by atomic mass is 15.0. The van der Waals surface area contributed by atoms with Gasteiger partial charge in [0, 0.05) is 45.2 Å². The van der Waals surface area contributed by atoms with Crippen molar-refractivity contribution in [3.05, 3.63) is 316 Å². The summed E-state index contributed by atoms with van der Waals surface area (Å²) >= 11 is 0. The minimum atomic E-state index is -0.532. The van der Waals surface area contributed by atoms with Gasteiger partial charge in [-0.15, -0.1) is 0 Å². The van der Waals surface area contributed by atoms with E-state index in [9.17, 15) is 0 Å². The normalized spacial score (nSPS) is 15.0. The van der Waals surface area contributed by atoms with E-state index in [4.69, 9.17) is 24.9 Å². The number of hydrogen-bond donors (Lipinski definition) is 0. The first-order chi connectivity index (χ1) is 37.2. The van der Waals surface area contributed by atoms with Gasteiger partial charge in [-0.05, 0) is 91.0 Å². The van der Waals surface area contributed by atoms with Crippen LogP contribution in [0, 0.1) is 0 Å². The van der Waals surface area contributed by atoms with Crippen molar-refractivity contribution in [2.45, 2.75) is 17.3 Å². The van der Waals surface area contributed by atoms with Gasteiger partial charge in [-0.3, -0.25) is 0 Å². The lowest BCUT2D eigenvalue weighted by Gasteiger charge is -2.42. The fourth-order valence-corrected chi connectivity index (χ4v) is 12.5. The Morgan fingerprint density at radius 3 is 1.15 bits per heavy atom. The number of benzene rings is 10. The molecule has 12 aromatic rings. The maximum atomic E-state index is 5.41. The zero-order valence-corrected chi connectivity index (χ0v) is 40.7. The van der Waals surface area contributed by atoms with Crippen molar-refractivity contribution >= 4 is 0 Å². The van der Waals surface area contributed by atoms with Gasteiger partial charge in [0.15, 0.2) is 23.3 Å². The Labute approximate surface area is 435 Å². The summed E-state index contributed by atoms with van der Waals surface area (Å²) in [4.78, 5) is 26.0. The van der Waals surface area contributed by atoms with Gasteiger partial charge in [0.25, 0.3) is 0 Å². The summed E-state index contributed by atoms with van der Waals surface area (Å²) in [6.07, 6.45) is 0. The van der Waals surface area contributed by atoms with E-state index in [2.05, 4.69) is 218 Å². The standard InChI is InChI=1S/C70H45N5/c1-6-20-44(21-7-1)66-71-62(43-63(72-66)48-34-37-53-52-30-18-19-33-60(52)70(61(53)42-48,50-26-12-4-13-27-50)51-28-14-5-15-29-51)47-35-38-56-58(40-47)64-54-31-16-17-32-55(54)65(56)59-41-49(36-39-57(59)64)69-74-67(45-22-8-2-9-23-45)73-68(75-69)46-24-10-3-11-25-46/h1-43,64-65H. The highest BCUT2D eigenvalue weighted by Gasteiger charge is 2.46. The molecule has 0 saturated heterocycles. The minimum absolute atomic E-state index is 0.0279. The third kappa shape index (κ3) is 6.82. The first-order valence-electron chi connectivity index (χ1n) is 25.7. The van der Waals surface area contributed by atoms with Crippen molar-refractivity contribution in [1.82, 2.24) is 24.9 Å². The van der Waals surface area contributed by atoms with Crippen LogP contribution in [0.15, 0.2) is 261 Å². The zero-order chi connectivity index (χ0) is 49.5. The van der Waals surface area contributed by atoms with E-state index >= 15 is 0 Å². The summed E-state index contributed by atoms with van der Waals surface area (Å²) in [7, 11) is 0. The number of fused-ring (bicyclic) bond motifs is 3. The van der Waals surface area contributed by atoms with Crippen LogP contribution < -0.4 is 0 Å². The Morgan fingerprint density at radius 1 is 0.240 bits per heavy atom. The number of nitrogens with zero attached hydrogens (tertiary/aromatic N) is 5. The molecule has 0 aliphatic heterocycles. The third-order valence-electron chi connectivity index (χ3n) is 15.8. The van der Waals surface area contributed by atoms with Gasteiger partial charge >= 0.3 is 0 Å². The van der Waals surface area contributed by atoms with Gasteiger partial charge in [-0.1, -0.05) is 237 Å². The van der Waals surface area contributed by atoms with Crippen LogP contribution in [-0.2, 0) is 5.41 Å². The molecule has 0 N–H and O–H groups in total. The quantitative estimate of drug-likeness (QED) is 0.152. The van der Waals surface area contributed by atoms with Crippen LogP contribution in [0.2, 0.25) is 0 Å². The average Bonchev–Trinajstić information content (AvgIpc) is 3.80. The molecule has 350 valence electrons. The van der Waals surface area contributed by atoms with E-state index in [1.807, 2.05) is 42.5 Å². The fraction of sp³-hybridized carbons (Fsp3) is 0.0429. The summed E-state index contributed by atoms with van der Waals surface area (Å²) in [5.41, 5.74) is 22.5. The Bertz CT molecular complexity index is 4080. The molecule has 5 nitrogen and oxygen atoms in total. The van der Waals surface area contributed by atoms with Crippen molar-refractivity contribution in [2.75, 3.05) is 0 Å². The summed E-state index contributed by atoms with van der Waals surface area (Å²) in [5.74, 6) is 2.71. The molecule has 0 fully saturated rings. The Morgan fingerprint density at radius 2 is 0.613 bits per heavy atom. The smallest absolute Gasteiger partial charge is 0.164 e. The molecular weight excluding hydrogens is 911 g/mol. The van der Waals surface area contributed by atoms with Crippen molar-refractivity contribution in [3.8, 4) is 79.2 Å². The molecule has 2 unspecified atom stereocenters. The van der Waals surface area contributed by atoms with Gasteiger partial charge in [-0.2, -0.15) is 0 Å². The maximum Gasteiger partial charge on any atom is 0.164 e. The van der Waals surface area contributed by atoms with Gasteiger partial charge < -0.3 is 0 Å². The predicted octanol–water partition coefficient (Wildman–Crippen LogP) is 16.0. The Kier molecular flexibility index (Phi) is 9.86. The lowest BCUT2D eigenvalue weighted by molar-refractivity contribution is 0.754. The monoisotopic (exact) mass is 955 g/mol. The molecule has 0 saturated carbocycles. The zero-order valence-electron chi connectivity index (χ0n) is 40.7. The molecule has 16 rings (SSSR count). The summed E-state index contributed by atoms with van der Waals surface area (Å²) in [5, 5.41) is 0. The molecule has 4 aliphatic carbocycles. The topological polar surface area (TPSA) is 64.5 Å². The first-order valence-corrected chi connectivity index (χ1v) is 25.7. The SMILES string of the molecule is c1ccc(-c2nc(-c3ccc4c(c3)C3c5ccccc5C4c4cc(-c5nc(-c6ccccc6)nc(-c6ccccc6)n5)ccc43)cc(-c3ccc4c(c3)C(c3ccccc3)(c3ccccc3)c3ccccc3-4)n2)cc1. The van der Waals surface area contributed by atoms with Crippen LogP contribution in [0.5, 0.6) is 0 Å². The van der Waals surface area contributed by atoms with Crippen LogP contribution in [0.25, 0.3) is 79.2 Å². The number of aromatic nitrogens is 5. The van der Waals surface area contributed by atoms with E-state index in [1.165, 1.54) is 66.8 Å². The summed E-state index contributed by atoms with van der Waals surface area (Å²) in [6, 6.07) is 93.6. The highest BCUT2D eigenvalue weighted by Crippen LogP contribution is 2.58. The summed E-state index contributed by atoms with van der Waals surface area (Å²) < 4.78 is 0. The molecule has 5 heteroatoms.